The first-order valence-corrected chi connectivity index (χ1v) is 10.4. The Bertz CT molecular complexity index is 1000. The lowest BCUT2D eigenvalue weighted by Gasteiger charge is -2.11. The Morgan fingerprint density at radius 3 is 2.77 bits per heavy atom. The van der Waals surface area contributed by atoms with Crippen molar-refractivity contribution in [1.29, 1.82) is 0 Å². The molecule has 0 saturated heterocycles. The SMILES string of the molecule is C=CCn1c(COc2ccccc2)nnc1SCC(=O)Nc1cc(C)ccc1OC. The number of allylic oxidation sites excluding steroid dienone is 1. The zero-order valence-electron chi connectivity index (χ0n) is 17.0. The van der Waals surface area contributed by atoms with Crippen LogP contribution in [0.4, 0.5) is 5.69 Å². The number of nitrogens with one attached hydrogen (secondary N) is 1. The lowest BCUT2D eigenvalue weighted by molar-refractivity contribution is -0.113. The topological polar surface area (TPSA) is 78.3 Å². The summed E-state index contributed by atoms with van der Waals surface area (Å²) in [6, 6.07) is 15.2. The smallest absolute Gasteiger partial charge is 0.234 e. The van der Waals surface area contributed by atoms with Crippen molar-refractivity contribution in [1.82, 2.24) is 14.8 Å². The normalized spacial score (nSPS) is 10.5. The fourth-order valence-corrected chi connectivity index (χ4v) is 3.51. The number of hydrogen-bond donors (Lipinski definition) is 1. The number of aryl methyl sites for hydroxylation is 1. The number of carbonyl (C=O) groups is 1. The van der Waals surface area contributed by atoms with E-state index in [1.165, 1.54) is 11.8 Å². The van der Waals surface area contributed by atoms with E-state index < -0.39 is 0 Å². The first-order valence-electron chi connectivity index (χ1n) is 9.39. The summed E-state index contributed by atoms with van der Waals surface area (Å²) in [6.45, 7) is 6.55. The van der Waals surface area contributed by atoms with Gasteiger partial charge in [0.2, 0.25) is 5.91 Å². The average Bonchev–Trinajstić information content (AvgIpc) is 3.13. The van der Waals surface area contributed by atoms with E-state index in [4.69, 9.17) is 9.47 Å². The van der Waals surface area contributed by atoms with Gasteiger partial charge in [-0.3, -0.25) is 9.36 Å². The van der Waals surface area contributed by atoms with E-state index in [0.29, 0.717) is 29.0 Å². The van der Waals surface area contributed by atoms with Crippen molar-refractivity contribution in [2.24, 2.45) is 0 Å². The van der Waals surface area contributed by atoms with Crippen LogP contribution in [0.2, 0.25) is 0 Å². The maximum absolute atomic E-state index is 12.5. The highest BCUT2D eigenvalue weighted by Crippen LogP contribution is 2.26. The summed E-state index contributed by atoms with van der Waals surface area (Å²) in [6.07, 6.45) is 1.76. The van der Waals surface area contributed by atoms with Crippen LogP contribution in [-0.4, -0.2) is 33.5 Å². The highest BCUT2D eigenvalue weighted by Gasteiger charge is 2.15. The number of thioether (sulfide) groups is 1. The van der Waals surface area contributed by atoms with Crippen LogP contribution in [0.25, 0.3) is 0 Å². The average molecular weight is 425 g/mol. The molecule has 0 bridgehead atoms. The van der Waals surface area contributed by atoms with Crippen LogP contribution >= 0.6 is 11.8 Å². The van der Waals surface area contributed by atoms with Gasteiger partial charge in [0.15, 0.2) is 11.0 Å². The van der Waals surface area contributed by atoms with Crippen molar-refractivity contribution in [3.05, 3.63) is 72.6 Å². The number of rotatable bonds is 10. The van der Waals surface area contributed by atoms with Gasteiger partial charge in [0.25, 0.3) is 0 Å². The third kappa shape index (κ3) is 5.64. The third-order valence-electron chi connectivity index (χ3n) is 4.18. The molecule has 0 saturated carbocycles. The molecule has 0 atom stereocenters. The number of methoxy groups -OCH3 is 1. The first kappa shape index (κ1) is 21.4. The molecule has 1 amide bonds. The summed E-state index contributed by atoms with van der Waals surface area (Å²) in [4.78, 5) is 12.5. The number of aromatic nitrogens is 3. The molecule has 3 rings (SSSR count). The van der Waals surface area contributed by atoms with Crippen LogP contribution in [0.15, 0.2) is 66.3 Å². The molecule has 7 nitrogen and oxygen atoms in total. The van der Waals surface area contributed by atoms with Crippen molar-refractivity contribution in [3.63, 3.8) is 0 Å². The van der Waals surface area contributed by atoms with Gasteiger partial charge >= 0.3 is 0 Å². The highest BCUT2D eigenvalue weighted by atomic mass is 32.2. The molecule has 0 fully saturated rings. The van der Waals surface area contributed by atoms with Crippen LogP contribution in [0.3, 0.4) is 0 Å². The second-order valence-corrected chi connectivity index (χ2v) is 7.38. The molecule has 0 aliphatic rings. The number of amides is 1. The molecule has 0 aliphatic carbocycles. The maximum Gasteiger partial charge on any atom is 0.234 e. The molecule has 1 N–H and O–H groups in total. The number of hydrogen-bond acceptors (Lipinski definition) is 6. The van der Waals surface area contributed by atoms with Crippen LogP contribution in [0, 0.1) is 6.92 Å². The van der Waals surface area contributed by atoms with Crippen molar-refractivity contribution in [3.8, 4) is 11.5 Å². The van der Waals surface area contributed by atoms with Crippen molar-refractivity contribution >= 4 is 23.4 Å². The predicted molar refractivity (Wildman–Crippen MR) is 118 cm³/mol. The fraction of sp³-hybridized carbons (Fsp3) is 0.227. The molecule has 0 unspecified atom stereocenters. The lowest BCUT2D eigenvalue weighted by atomic mass is 10.2. The number of benzene rings is 2. The summed E-state index contributed by atoms with van der Waals surface area (Å²) in [5.74, 6) is 2.08. The standard InChI is InChI=1S/C22H24N4O3S/c1-4-12-26-20(14-29-17-8-6-5-7-9-17)24-25-22(26)30-15-21(27)23-18-13-16(2)10-11-19(18)28-3/h4-11,13H,1,12,14-15H2,2-3H3,(H,23,27). The Labute approximate surface area is 180 Å². The molecule has 0 aliphatic heterocycles. The largest absolute Gasteiger partial charge is 0.495 e. The lowest BCUT2D eigenvalue weighted by Crippen LogP contribution is -2.15. The molecule has 3 aromatic rings. The Kier molecular flexibility index (Phi) is 7.51. The molecular formula is C22H24N4O3S. The van der Waals surface area contributed by atoms with Crippen molar-refractivity contribution < 1.29 is 14.3 Å². The summed E-state index contributed by atoms with van der Waals surface area (Å²) in [7, 11) is 1.58. The summed E-state index contributed by atoms with van der Waals surface area (Å²) < 4.78 is 13.0. The van der Waals surface area contributed by atoms with Crippen molar-refractivity contribution in [2.75, 3.05) is 18.2 Å². The van der Waals surface area contributed by atoms with Gasteiger partial charge in [-0.1, -0.05) is 42.1 Å². The van der Waals surface area contributed by atoms with Crippen LogP contribution < -0.4 is 14.8 Å². The van der Waals surface area contributed by atoms with Gasteiger partial charge in [0, 0.05) is 6.54 Å². The molecule has 0 radical (unpaired) electrons. The van der Waals surface area contributed by atoms with E-state index in [1.54, 1.807) is 13.2 Å². The van der Waals surface area contributed by atoms with Crippen LogP contribution in [0.5, 0.6) is 11.5 Å². The van der Waals surface area contributed by atoms with Gasteiger partial charge in [-0.15, -0.1) is 16.8 Å². The second-order valence-electron chi connectivity index (χ2n) is 6.44. The summed E-state index contributed by atoms with van der Waals surface area (Å²) in [5.41, 5.74) is 1.68. The van der Waals surface area contributed by atoms with Gasteiger partial charge in [0.05, 0.1) is 18.6 Å². The molecular weight excluding hydrogens is 400 g/mol. The first-order chi connectivity index (χ1) is 14.6. The van der Waals surface area contributed by atoms with Crippen molar-refractivity contribution in [2.45, 2.75) is 25.2 Å². The number of para-hydroxylation sites is 1. The van der Waals surface area contributed by atoms with Gasteiger partial charge in [-0.25, -0.2) is 0 Å². The Hall–Kier alpha value is -3.26. The number of anilines is 1. The molecule has 8 heteroatoms. The summed E-state index contributed by atoms with van der Waals surface area (Å²) in [5, 5.41) is 12.0. The minimum Gasteiger partial charge on any atom is -0.495 e. The maximum atomic E-state index is 12.5. The van der Waals surface area contributed by atoms with Gasteiger partial charge < -0.3 is 14.8 Å². The number of ether oxygens (including phenoxy) is 2. The van der Waals surface area contributed by atoms with Gasteiger partial charge in [-0.05, 0) is 36.8 Å². The van der Waals surface area contributed by atoms with Gasteiger partial charge in [-0.2, -0.15) is 0 Å². The van der Waals surface area contributed by atoms with E-state index in [1.807, 2.05) is 60.0 Å². The van der Waals surface area contributed by atoms with Gasteiger partial charge in [0.1, 0.15) is 18.1 Å². The van der Waals surface area contributed by atoms with E-state index in [9.17, 15) is 4.79 Å². The minimum absolute atomic E-state index is 0.154. The molecule has 1 heterocycles. The Morgan fingerprint density at radius 2 is 2.03 bits per heavy atom. The second kappa shape index (κ2) is 10.5. The molecule has 156 valence electrons. The zero-order valence-corrected chi connectivity index (χ0v) is 17.8. The van der Waals surface area contributed by atoms with E-state index in [-0.39, 0.29) is 18.3 Å². The third-order valence-corrected chi connectivity index (χ3v) is 5.14. The van der Waals surface area contributed by atoms with E-state index in [0.717, 1.165) is 11.3 Å². The van der Waals surface area contributed by atoms with E-state index >= 15 is 0 Å². The quantitative estimate of drug-likeness (QED) is 0.390. The predicted octanol–water partition coefficient (Wildman–Crippen LogP) is 4.09. The number of nitrogens with zero attached hydrogens (tertiary/aromatic N) is 3. The molecule has 1 aromatic heterocycles. The van der Waals surface area contributed by atoms with E-state index in [2.05, 4.69) is 22.1 Å². The minimum atomic E-state index is -0.154. The number of carbonyl (C=O) groups excluding carboxylic acids is 1. The highest BCUT2D eigenvalue weighted by molar-refractivity contribution is 7.99. The fourth-order valence-electron chi connectivity index (χ4n) is 2.75. The Morgan fingerprint density at radius 1 is 1.23 bits per heavy atom. The monoisotopic (exact) mass is 424 g/mol. The van der Waals surface area contributed by atoms with Crippen LogP contribution in [0.1, 0.15) is 11.4 Å². The van der Waals surface area contributed by atoms with Crippen LogP contribution in [-0.2, 0) is 17.9 Å². The molecule has 2 aromatic carbocycles. The Balaban J connectivity index is 1.63. The molecule has 0 spiro atoms. The molecule has 30 heavy (non-hydrogen) atoms. The summed E-state index contributed by atoms with van der Waals surface area (Å²) >= 11 is 1.31. The zero-order chi connectivity index (χ0) is 21.3.